The van der Waals surface area contributed by atoms with Crippen LogP contribution in [0, 0.1) is 29.6 Å². The smallest absolute Gasteiger partial charge is 0.0180 e. The minimum Gasteiger partial charge on any atom is -0.326 e. The summed E-state index contributed by atoms with van der Waals surface area (Å²) < 4.78 is 0. The van der Waals surface area contributed by atoms with Crippen LogP contribution in [-0.2, 0) is 0 Å². The van der Waals surface area contributed by atoms with Gasteiger partial charge < -0.3 is 10.6 Å². The Labute approximate surface area is 111 Å². The summed E-state index contributed by atoms with van der Waals surface area (Å²) in [7, 11) is 0. The largest absolute Gasteiger partial charge is 0.326 e. The molecule has 4 aliphatic carbocycles. The van der Waals surface area contributed by atoms with Gasteiger partial charge in [-0.1, -0.05) is 0 Å². The normalized spacial score (nSPS) is 51.2. The Bertz CT molecular complexity index is 286. The van der Waals surface area contributed by atoms with Crippen molar-refractivity contribution >= 4 is 0 Å². The summed E-state index contributed by atoms with van der Waals surface area (Å²) in [6.07, 6.45) is 10.6. The van der Waals surface area contributed by atoms with Crippen molar-refractivity contribution in [2.24, 2.45) is 35.3 Å². The van der Waals surface area contributed by atoms with Crippen molar-refractivity contribution in [3.05, 3.63) is 0 Å². The molecule has 1 aliphatic heterocycles. The molecule has 5 fully saturated rings. The number of likely N-dealkylation sites (tertiary alicyclic amines) is 1. The molecule has 2 nitrogen and oxygen atoms in total. The molecule has 4 saturated carbocycles. The molecule has 0 spiro atoms. The van der Waals surface area contributed by atoms with Crippen LogP contribution in [0.15, 0.2) is 0 Å². The quantitative estimate of drug-likeness (QED) is 0.831. The third-order valence-corrected chi connectivity index (χ3v) is 6.51. The fraction of sp³-hybridized carbons (Fsp3) is 1.00. The van der Waals surface area contributed by atoms with Gasteiger partial charge in [0.25, 0.3) is 0 Å². The molecule has 4 bridgehead atoms. The van der Waals surface area contributed by atoms with Crippen LogP contribution >= 0.6 is 0 Å². The topological polar surface area (TPSA) is 29.3 Å². The minimum absolute atomic E-state index is 0.462. The summed E-state index contributed by atoms with van der Waals surface area (Å²) in [6, 6.07) is 0.462. The summed E-state index contributed by atoms with van der Waals surface area (Å²) in [5.41, 5.74) is 6.01. The van der Waals surface area contributed by atoms with Gasteiger partial charge >= 0.3 is 0 Å². The maximum absolute atomic E-state index is 6.01. The predicted octanol–water partition coefficient (Wildman–Crippen LogP) is 2.48. The maximum atomic E-state index is 6.01. The zero-order valence-electron chi connectivity index (χ0n) is 11.6. The average Bonchev–Trinajstić information content (AvgIpc) is 2.73. The highest BCUT2D eigenvalue weighted by Crippen LogP contribution is 2.57. The molecule has 0 radical (unpaired) electrons. The second-order valence-electron chi connectivity index (χ2n) is 7.73. The van der Waals surface area contributed by atoms with E-state index in [2.05, 4.69) is 4.90 Å². The Hall–Kier alpha value is -0.0800. The van der Waals surface area contributed by atoms with Crippen molar-refractivity contribution in [1.82, 2.24) is 4.90 Å². The van der Waals surface area contributed by atoms with Crippen LogP contribution in [0.25, 0.3) is 0 Å². The van der Waals surface area contributed by atoms with Gasteiger partial charge in [0.2, 0.25) is 0 Å². The number of nitrogens with two attached hydrogens (primary N) is 1. The first-order valence-electron chi connectivity index (χ1n) is 8.26. The summed E-state index contributed by atoms with van der Waals surface area (Å²) in [5, 5.41) is 0. The van der Waals surface area contributed by atoms with E-state index < -0.39 is 0 Å². The van der Waals surface area contributed by atoms with E-state index in [9.17, 15) is 0 Å². The molecule has 0 aromatic heterocycles. The summed E-state index contributed by atoms with van der Waals surface area (Å²) in [6.45, 7) is 3.75. The Kier molecular flexibility index (Phi) is 2.92. The van der Waals surface area contributed by atoms with Crippen molar-refractivity contribution in [3.8, 4) is 0 Å². The zero-order chi connectivity index (χ0) is 12.1. The van der Waals surface area contributed by atoms with Crippen molar-refractivity contribution in [1.29, 1.82) is 0 Å². The highest BCUT2D eigenvalue weighted by molar-refractivity contribution is 4.98. The Morgan fingerprint density at radius 2 is 1.61 bits per heavy atom. The van der Waals surface area contributed by atoms with E-state index in [-0.39, 0.29) is 0 Å². The van der Waals surface area contributed by atoms with E-state index in [0.29, 0.717) is 6.04 Å². The molecular formula is C16H28N2. The molecule has 1 saturated heterocycles. The van der Waals surface area contributed by atoms with Crippen LogP contribution in [0.4, 0.5) is 0 Å². The molecule has 0 aromatic carbocycles. The second-order valence-corrected chi connectivity index (χ2v) is 7.73. The van der Waals surface area contributed by atoms with Gasteiger partial charge in [-0.2, -0.15) is 0 Å². The zero-order valence-corrected chi connectivity index (χ0v) is 11.6. The lowest BCUT2D eigenvalue weighted by Crippen LogP contribution is -2.46. The molecule has 1 unspecified atom stereocenters. The fourth-order valence-corrected chi connectivity index (χ4v) is 5.91. The summed E-state index contributed by atoms with van der Waals surface area (Å²) >= 11 is 0. The minimum atomic E-state index is 0.462. The van der Waals surface area contributed by atoms with Gasteiger partial charge in [0.15, 0.2) is 0 Å². The SMILES string of the molecule is NC1CCN(CCC2C3CC4CC(C3)CC2C4)C1. The van der Waals surface area contributed by atoms with Gasteiger partial charge in [-0.15, -0.1) is 0 Å². The van der Waals surface area contributed by atoms with E-state index in [1.54, 1.807) is 32.1 Å². The molecule has 18 heavy (non-hydrogen) atoms. The maximum Gasteiger partial charge on any atom is 0.0180 e. The van der Waals surface area contributed by atoms with Gasteiger partial charge in [0.05, 0.1) is 0 Å². The number of hydrogen-bond acceptors (Lipinski definition) is 2. The number of hydrogen-bond donors (Lipinski definition) is 1. The first-order chi connectivity index (χ1) is 8.78. The van der Waals surface area contributed by atoms with Crippen LogP contribution in [-0.4, -0.2) is 30.6 Å². The third-order valence-electron chi connectivity index (χ3n) is 6.51. The van der Waals surface area contributed by atoms with Crippen LogP contribution < -0.4 is 5.73 Å². The van der Waals surface area contributed by atoms with Crippen molar-refractivity contribution in [2.75, 3.05) is 19.6 Å². The van der Waals surface area contributed by atoms with Crippen LogP contribution in [0.2, 0.25) is 0 Å². The second kappa shape index (κ2) is 4.49. The van der Waals surface area contributed by atoms with Crippen molar-refractivity contribution in [2.45, 2.75) is 51.0 Å². The highest BCUT2D eigenvalue weighted by atomic mass is 15.2. The standard InChI is InChI=1S/C16H28N2/c17-15-1-3-18(10-15)4-2-16-13-6-11-5-12(8-13)9-14(16)7-11/h11-16H,1-10,17H2. The summed E-state index contributed by atoms with van der Waals surface area (Å²) in [5.74, 6) is 5.55. The molecule has 0 aromatic rings. The van der Waals surface area contributed by atoms with Gasteiger partial charge in [-0.3, -0.25) is 0 Å². The van der Waals surface area contributed by atoms with E-state index in [1.807, 2.05) is 0 Å². The first-order valence-corrected chi connectivity index (χ1v) is 8.26. The average molecular weight is 248 g/mol. The van der Waals surface area contributed by atoms with E-state index in [0.717, 1.165) is 36.1 Å². The highest BCUT2D eigenvalue weighted by Gasteiger charge is 2.47. The Morgan fingerprint density at radius 3 is 2.17 bits per heavy atom. The Balaban J connectivity index is 1.35. The summed E-state index contributed by atoms with van der Waals surface area (Å²) in [4.78, 5) is 2.62. The fourth-order valence-electron chi connectivity index (χ4n) is 5.91. The van der Waals surface area contributed by atoms with Crippen molar-refractivity contribution in [3.63, 3.8) is 0 Å². The Morgan fingerprint density at radius 1 is 0.944 bits per heavy atom. The van der Waals surface area contributed by atoms with Crippen LogP contribution in [0.3, 0.4) is 0 Å². The van der Waals surface area contributed by atoms with E-state index in [4.69, 9.17) is 5.73 Å². The molecule has 1 atom stereocenters. The molecule has 2 heteroatoms. The molecule has 0 amide bonds. The molecule has 5 aliphatic rings. The molecule has 5 rings (SSSR count). The van der Waals surface area contributed by atoms with Crippen LogP contribution in [0.5, 0.6) is 0 Å². The first kappa shape index (κ1) is 11.7. The molecular weight excluding hydrogens is 220 g/mol. The molecule has 2 N–H and O–H groups in total. The lowest BCUT2D eigenvalue weighted by Gasteiger charge is -2.54. The van der Waals surface area contributed by atoms with Gasteiger partial charge in [0, 0.05) is 12.6 Å². The van der Waals surface area contributed by atoms with Gasteiger partial charge in [-0.25, -0.2) is 0 Å². The molecule has 1 heterocycles. The number of rotatable bonds is 3. The lowest BCUT2D eigenvalue weighted by atomic mass is 9.51. The third kappa shape index (κ3) is 2.02. The van der Waals surface area contributed by atoms with Crippen molar-refractivity contribution < 1.29 is 0 Å². The van der Waals surface area contributed by atoms with Gasteiger partial charge in [0.1, 0.15) is 0 Å². The van der Waals surface area contributed by atoms with Crippen LogP contribution in [0.1, 0.15) is 44.9 Å². The van der Waals surface area contributed by atoms with Gasteiger partial charge in [-0.05, 0) is 87.6 Å². The van der Waals surface area contributed by atoms with E-state index >= 15 is 0 Å². The molecule has 102 valence electrons. The lowest BCUT2D eigenvalue weighted by molar-refractivity contribution is -0.0420. The monoisotopic (exact) mass is 248 g/mol. The number of nitrogens with zero attached hydrogens (tertiary/aromatic N) is 1. The predicted molar refractivity (Wildman–Crippen MR) is 74.2 cm³/mol. The van der Waals surface area contributed by atoms with E-state index in [1.165, 1.54) is 25.9 Å².